The average Bonchev–Trinajstić information content (AvgIpc) is 2.56. The van der Waals surface area contributed by atoms with E-state index in [1.807, 2.05) is 26.0 Å². The minimum absolute atomic E-state index is 0.171. The topological polar surface area (TPSA) is 58.2 Å². The minimum Gasteiger partial charge on any atom is -0.350 e. The Labute approximate surface area is 157 Å². The lowest BCUT2D eigenvalue weighted by molar-refractivity contribution is -0.122. The predicted molar refractivity (Wildman–Crippen MR) is 101 cm³/mol. The molecule has 2 aromatic rings. The number of halogens is 2. The normalized spacial score (nSPS) is 11.7. The molecule has 0 aromatic heterocycles. The molecule has 0 saturated carbocycles. The number of carbonyl (C=O) groups excluding carboxylic acids is 2. The van der Waals surface area contributed by atoms with Gasteiger partial charge in [-0.1, -0.05) is 53.0 Å². The van der Waals surface area contributed by atoms with E-state index in [1.165, 1.54) is 5.56 Å². The van der Waals surface area contributed by atoms with Crippen LogP contribution in [0.15, 0.2) is 36.4 Å². The van der Waals surface area contributed by atoms with Crippen LogP contribution < -0.4 is 10.6 Å². The SMILES string of the molecule is Cc1ccc(CNC(=O)[C@H](C)NC(=O)c2cccc(Cl)c2Cl)c(C)c1. The van der Waals surface area contributed by atoms with Gasteiger partial charge in [-0.15, -0.1) is 0 Å². The van der Waals surface area contributed by atoms with Crippen molar-refractivity contribution in [2.75, 3.05) is 0 Å². The highest BCUT2D eigenvalue weighted by Gasteiger charge is 2.19. The summed E-state index contributed by atoms with van der Waals surface area (Å²) in [7, 11) is 0. The van der Waals surface area contributed by atoms with Crippen molar-refractivity contribution in [1.29, 1.82) is 0 Å². The van der Waals surface area contributed by atoms with Crippen molar-refractivity contribution in [2.45, 2.75) is 33.4 Å². The van der Waals surface area contributed by atoms with Crippen molar-refractivity contribution in [2.24, 2.45) is 0 Å². The molecule has 6 heteroatoms. The van der Waals surface area contributed by atoms with E-state index >= 15 is 0 Å². The standard InChI is InChI=1S/C19H20Cl2N2O2/c1-11-7-8-14(12(2)9-11)10-22-18(24)13(3)23-19(25)15-5-4-6-16(20)17(15)21/h4-9,13H,10H2,1-3H3,(H,22,24)(H,23,25)/t13-/m0/s1. The van der Waals surface area contributed by atoms with Crippen LogP contribution in [0.25, 0.3) is 0 Å². The molecule has 0 heterocycles. The van der Waals surface area contributed by atoms with Gasteiger partial charge in [-0.05, 0) is 44.0 Å². The van der Waals surface area contributed by atoms with E-state index in [0.29, 0.717) is 11.6 Å². The van der Waals surface area contributed by atoms with Gasteiger partial charge in [0.2, 0.25) is 5.91 Å². The highest BCUT2D eigenvalue weighted by Crippen LogP contribution is 2.25. The third-order valence-electron chi connectivity index (χ3n) is 3.89. The van der Waals surface area contributed by atoms with Crippen LogP contribution in [0.1, 0.15) is 34.0 Å². The van der Waals surface area contributed by atoms with E-state index in [4.69, 9.17) is 23.2 Å². The lowest BCUT2D eigenvalue weighted by Gasteiger charge is -2.16. The first kappa shape index (κ1) is 19.3. The van der Waals surface area contributed by atoms with Gasteiger partial charge in [-0.25, -0.2) is 0 Å². The number of rotatable bonds is 5. The Morgan fingerprint density at radius 1 is 1.12 bits per heavy atom. The first-order valence-electron chi connectivity index (χ1n) is 7.88. The summed E-state index contributed by atoms with van der Waals surface area (Å²) < 4.78 is 0. The van der Waals surface area contributed by atoms with E-state index in [2.05, 4.69) is 16.7 Å². The van der Waals surface area contributed by atoms with Gasteiger partial charge in [-0.2, -0.15) is 0 Å². The third kappa shape index (κ3) is 4.97. The maximum Gasteiger partial charge on any atom is 0.253 e. The Hall–Kier alpha value is -2.04. The van der Waals surface area contributed by atoms with Crippen LogP contribution in [-0.2, 0) is 11.3 Å². The molecule has 0 aliphatic rings. The summed E-state index contributed by atoms with van der Waals surface area (Å²) >= 11 is 11.9. The van der Waals surface area contributed by atoms with Gasteiger partial charge in [0.05, 0.1) is 15.6 Å². The quantitative estimate of drug-likeness (QED) is 0.824. The van der Waals surface area contributed by atoms with Gasteiger partial charge in [-0.3, -0.25) is 9.59 Å². The molecular formula is C19H20Cl2N2O2. The number of carbonyl (C=O) groups is 2. The molecule has 2 amide bonds. The molecule has 0 spiro atoms. The zero-order valence-corrected chi connectivity index (χ0v) is 15.8. The average molecular weight is 379 g/mol. The fourth-order valence-electron chi connectivity index (χ4n) is 2.40. The fraction of sp³-hybridized carbons (Fsp3) is 0.263. The Balaban J connectivity index is 1.95. The van der Waals surface area contributed by atoms with Gasteiger partial charge in [0.15, 0.2) is 0 Å². The van der Waals surface area contributed by atoms with Crippen LogP contribution in [0.3, 0.4) is 0 Å². The summed E-state index contributed by atoms with van der Waals surface area (Å²) in [6, 6.07) is 10.1. The lowest BCUT2D eigenvalue weighted by Crippen LogP contribution is -2.44. The predicted octanol–water partition coefficient (Wildman–Crippen LogP) is 4.04. The first-order chi connectivity index (χ1) is 11.8. The van der Waals surface area contributed by atoms with Crippen LogP contribution in [-0.4, -0.2) is 17.9 Å². The summed E-state index contributed by atoms with van der Waals surface area (Å²) in [5, 5.41) is 5.92. The second kappa shape index (κ2) is 8.37. The van der Waals surface area contributed by atoms with E-state index in [1.54, 1.807) is 25.1 Å². The molecule has 1 atom stereocenters. The van der Waals surface area contributed by atoms with Crippen LogP contribution in [0.5, 0.6) is 0 Å². The smallest absolute Gasteiger partial charge is 0.253 e. The van der Waals surface area contributed by atoms with E-state index in [9.17, 15) is 9.59 Å². The van der Waals surface area contributed by atoms with Crippen molar-refractivity contribution < 1.29 is 9.59 Å². The number of benzene rings is 2. The van der Waals surface area contributed by atoms with Crippen LogP contribution >= 0.6 is 23.2 Å². The molecule has 0 radical (unpaired) electrons. The van der Waals surface area contributed by atoms with E-state index < -0.39 is 11.9 Å². The molecular weight excluding hydrogens is 359 g/mol. The Morgan fingerprint density at radius 3 is 2.52 bits per heavy atom. The molecule has 0 bridgehead atoms. The molecule has 0 fully saturated rings. The third-order valence-corrected chi connectivity index (χ3v) is 4.71. The number of hydrogen-bond acceptors (Lipinski definition) is 2. The summed E-state index contributed by atoms with van der Waals surface area (Å²) in [5.74, 6) is -0.715. The monoisotopic (exact) mass is 378 g/mol. The molecule has 4 nitrogen and oxygen atoms in total. The molecule has 132 valence electrons. The second-order valence-electron chi connectivity index (χ2n) is 5.94. The highest BCUT2D eigenvalue weighted by molar-refractivity contribution is 6.43. The maximum absolute atomic E-state index is 12.3. The molecule has 2 aromatic carbocycles. The van der Waals surface area contributed by atoms with Crippen molar-refractivity contribution in [3.63, 3.8) is 0 Å². The minimum atomic E-state index is -0.701. The number of hydrogen-bond donors (Lipinski definition) is 2. The zero-order chi connectivity index (χ0) is 18.6. The number of amides is 2. The van der Waals surface area contributed by atoms with Gasteiger partial charge < -0.3 is 10.6 Å². The summed E-state index contributed by atoms with van der Waals surface area (Å²) in [6.45, 7) is 6.05. The van der Waals surface area contributed by atoms with Crippen molar-refractivity contribution in [3.05, 3.63) is 68.7 Å². The molecule has 25 heavy (non-hydrogen) atoms. The summed E-state index contributed by atoms with van der Waals surface area (Å²) in [4.78, 5) is 24.5. The number of nitrogens with one attached hydrogen (secondary N) is 2. The zero-order valence-electron chi connectivity index (χ0n) is 14.3. The van der Waals surface area contributed by atoms with Crippen molar-refractivity contribution in [1.82, 2.24) is 10.6 Å². The van der Waals surface area contributed by atoms with Crippen LogP contribution in [0.2, 0.25) is 10.0 Å². The Kier molecular flexibility index (Phi) is 6.45. The van der Waals surface area contributed by atoms with Crippen LogP contribution in [0, 0.1) is 13.8 Å². The first-order valence-corrected chi connectivity index (χ1v) is 8.64. The van der Waals surface area contributed by atoms with Crippen LogP contribution in [0.4, 0.5) is 0 Å². The van der Waals surface area contributed by atoms with Gasteiger partial charge >= 0.3 is 0 Å². The molecule has 2 rings (SSSR count). The molecule has 0 aliphatic heterocycles. The lowest BCUT2D eigenvalue weighted by atomic mass is 10.1. The second-order valence-corrected chi connectivity index (χ2v) is 6.73. The summed E-state index contributed by atoms with van der Waals surface area (Å²) in [5.41, 5.74) is 3.56. The van der Waals surface area contributed by atoms with Gasteiger partial charge in [0.1, 0.15) is 6.04 Å². The molecule has 0 unspecified atom stereocenters. The Bertz CT molecular complexity index is 806. The van der Waals surface area contributed by atoms with Gasteiger partial charge in [0.25, 0.3) is 5.91 Å². The fourth-order valence-corrected chi connectivity index (χ4v) is 2.79. The van der Waals surface area contributed by atoms with Crippen molar-refractivity contribution in [3.8, 4) is 0 Å². The van der Waals surface area contributed by atoms with E-state index in [0.717, 1.165) is 11.1 Å². The number of aryl methyl sites for hydroxylation is 2. The maximum atomic E-state index is 12.3. The molecule has 0 aliphatic carbocycles. The van der Waals surface area contributed by atoms with Crippen molar-refractivity contribution >= 4 is 35.0 Å². The summed E-state index contributed by atoms with van der Waals surface area (Å²) in [6.07, 6.45) is 0. The Morgan fingerprint density at radius 2 is 1.84 bits per heavy atom. The molecule has 2 N–H and O–H groups in total. The van der Waals surface area contributed by atoms with E-state index in [-0.39, 0.29) is 16.5 Å². The van der Waals surface area contributed by atoms with Gasteiger partial charge in [0, 0.05) is 6.54 Å². The highest BCUT2D eigenvalue weighted by atomic mass is 35.5. The largest absolute Gasteiger partial charge is 0.350 e. The molecule has 0 saturated heterocycles.